The van der Waals surface area contributed by atoms with Gasteiger partial charge in [-0.2, -0.15) is 0 Å². The highest BCUT2D eigenvalue weighted by Crippen LogP contribution is 2.24. The Labute approximate surface area is 116 Å². The molecule has 1 N–H and O–H groups in total. The molecule has 2 nitrogen and oxygen atoms in total. The predicted octanol–water partition coefficient (Wildman–Crippen LogP) is 4.78. The number of nitrogens with one attached hydrogen (secondary N) is 1. The van der Waals surface area contributed by atoms with Gasteiger partial charge >= 0.3 is 0 Å². The van der Waals surface area contributed by atoms with Crippen LogP contribution in [0.2, 0.25) is 5.02 Å². The topological polar surface area (TPSA) is 20.7 Å². The molecule has 2 aromatic rings. The Balaban J connectivity index is 2.53. The standard InChI is InChI=1S/C13H16ClFN2S/c1-7(2)8(3)6-17-12-4-9(14)10(15)5-11(12)16-13(17)18/h4-5,7-8H,6H2,1-3H3,(H,16,18). The lowest BCUT2D eigenvalue weighted by Gasteiger charge is -2.16. The number of aromatic nitrogens is 2. The molecule has 1 heterocycles. The highest BCUT2D eigenvalue weighted by molar-refractivity contribution is 7.71. The van der Waals surface area contributed by atoms with Crippen molar-refractivity contribution in [3.63, 3.8) is 0 Å². The first kappa shape index (κ1) is 13.6. The molecule has 98 valence electrons. The van der Waals surface area contributed by atoms with E-state index in [1.165, 1.54) is 6.07 Å². The monoisotopic (exact) mass is 286 g/mol. The molecule has 1 aromatic carbocycles. The van der Waals surface area contributed by atoms with E-state index in [-0.39, 0.29) is 5.02 Å². The second-order valence-corrected chi connectivity index (χ2v) is 5.84. The second kappa shape index (κ2) is 5.02. The Morgan fingerprint density at radius 1 is 1.39 bits per heavy atom. The van der Waals surface area contributed by atoms with Crippen molar-refractivity contribution in [2.24, 2.45) is 11.8 Å². The molecule has 0 saturated heterocycles. The molecule has 1 atom stereocenters. The fourth-order valence-corrected chi connectivity index (χ4v) is 2.27. The lowest BCUT2D eigenvalue weighted by Crippen LogP contribution is -2.13. The van der Waals surface area contributed by atoms with Crippen molar-refractivity contribution >= 4 is 34.9 Å². The molecule has 0 aliphatic carbocycles. The molecule has 5 heteroatoms. The summed E-state index contributed by atoms with van der Waals surface area (Å²) in [5, 5.41) is 0.127. The summed E-state index contributed by atoms with van der Waals surface area (Å²) in [4.78, 5) is 3.02. The second-order valence-electron chi connectivity index (χ2n) is 5.05. The summed E-state index contributed by atoms with van der Waals surface area (Å²) >= 11 is 11.1. The predicted molar refractivity (Wildman–Crippen MR) is 76.1 cm³/mol. The zero-order valence-corrected chi connectivity index (χ0v) is 12.2. The minimum Gasteiger partial charge on any atom is -0.330 e. The van der Waals surface area contributed by atoms with Crippen molar-refractivity contribution in [1.82, 2.24) is 9.55 Å². The number of nitrogens with zero attached hydrogens (tertiary/aromatic N) is 1. The molecule has 1 unspecified atom stereocenters. The zero-order chi connectivity index (χ0) is 13.4. The van der Waals surface area contributed by atoms with E-state index >= 15 is 0 Å². The van der Waals surface area contributed by atoms with Gasteiger partial charge in [-0.15, -0.1) is 0 Å². The lowest BCUT2D eigenvalue weighted by molar-refractivity contribution is 0.367. The van der Waals surface area contributed by atoms with Crippen LogP contribution in [0.4, 0.5) is 4.39 Å². The maximum atomic E-state index is 13.4. The van der Waals surface area contributed by atoms with Crippen LogP contribution in [-0.4, -0.2) is 9.55 Å². The third kappa shape index (κ3) is 2.45. The van der Waals surface area contributed by atoms with Gasteiger partial charge in [0.25, 0.3) is 0 Å². The summed E-state index contributed by atoms with van der Waals surface area (Å²) in [7, 11) is 0. The van der Waals surface area contributed by atoms with Gasteiger partial charge in [0.1, 0.15) is 5.82 Å². The summed E-state index contributed by atoms with van der Waals surface area (Å²) in [6.45, 7) is 7.33. The van der Waals surface area contributed by atoms with Crippen LogP contribution in [0, 0.1) is 22.4 Å². The van der Waals surface area contributed by atoms with E-state index in [0.29, 0.717) is 22.1 Å². The minimum atomic E-state index is -0.426. The van der Waals surface area contributed by atoms with Gasteiger partial charge in [0.05, 0.1) is 16.1 Å². The number of H-pyrrole nitrogens is 1. The SMILES string of the molecule is CC(C)C(C)Cn1c(=S)[nH]c2cc(F)c(Cl)cc21. The molecular formula is C13H16ClFN2S. The third-order valence-corrected chi connectivity index (χ3v) is 4.04. The quantitative estimate of drug-likeness (QED) is 0.805. The van der Waals surface area contributed by atoms with Gasteiger partial charge in [-0.1, -0.05) is 32.4 Å². The highest BCUT2D eigenvalue weighted by Gasteiger charge is 2.13. The van der Waals surface area contributed by atoms with Crippen molar-refractivity contribution in [1.29, 1.82) is 0 Å². The molecule has 2 rings (SSSR count). The van der Waals surface area contributed by atoms with Gasteiger partial charge in [-0.3, -0.25) is 0 Å². The number of hydrogen-bond acceptors (Lipinski definition) is 1. The Hall–Kier alpha value is -0.870. The smallest absolute Gasteiger partial charge is 0.178 e. The molecule has 0 saturated carbocycles. The van der Waals surface area contributed by atoms with Crippen molar-refractivity contribution in [2.45, 2.75) is 27.3 Å². The van der Waals surface area contributed by atoms with E-state index in [1.54, 1.807) is 6.07 Å². The normalized spacial score (nSPS) is 13.4. The van der Waals surface area contributed by atoms with Gasteiger partial charge in [0.15, 0.2) is 4.77 Å². The molecule has 0 spiro atoms. The number of rotatable bonds is 3. The summed E-state index contributed by atoms with van der Waals surface area (Å²) in [5.74, 6) is 0.622. The first-order valence-corrected chi connectivity index (χ1v) is 6.76. The van der Waals surface area contributed by atoms with Crippen LogP contribution in [0.25, 0.3) is 11.0 Å². The van der Waals surface area contributed by atoms with Crippen molar-refractivity contribution < 1.29 is 4.39 Å². The van der Waals surface area contributed by atoms with E-state index in [2.05, 4.69) is 25.8 Å². The van der Waals surface area contributed by atoms with Crippen LogP contribution in [0.1, 0.15) is 20.8 Å². The first-order valence-electron chi connectivity index (χ1n) is 5.97. The maximum absolute atomic E-state index is 13.4. The fraction of sp³-hybridized carbons (Fsp3) is 0.462. The van der Waals surface area contributed by atoms with Gasteiger partial charge in [-0.25, -0.2) is 4.39 Å². The number of hydrogen-bond donors (Lipinski definition) is 1. The lowest BCUT2D eigenvalue weighted by atomic mass is 9.98. The molecule has 0 radical (unpaired) electrons. The minimum absolute atomic E-state index is 0.127. The molecule has 1 aromatic heterocycles. The summed E-state index contributed by atoms with van der Waals surface area (Å²) in [6, 6.07) is 3.02. The summed E-state index contributed by atoms with van der Waals surface area (Å²) < 4.78 is 16.0. The van der Waals surface area contributed by atoms with Gasteiger partial charge < -0.3 is 9.55 Å². The van der Waals surface area contributed by atoms with Crippen LogP contribution in [0.5, 0.6) is 0 Å². The van der Waals surface area contributed by atoms with Crippen LogP contribution in [0.3, 0.4) is 0 Å². The molecule has 0 aliphatic heterocycles. The van der Waals surface area contributed by atoms with E-state index in [9.17, 15) is 4.39 Å². The Bertz CT molecular complexity index is 630. The summed E-state index contributed by atoms with van der Waals surface area (Å²) in [6.07, 6.45) is 0. The van der Waals surface area contributed by atoms with Crippen molar-refractivity contribution in [3.05, 3.63) is 27.7 Å². The van der Waals surface area contributed by atoms with Gasteiger partial charge in [-0.05, 0) is 30.1 Å². The average Bonchev–Trinajstić information content (AvgIpc) is 2.56. The van der Waals surface area contributed by atoms with E-state index in [4.69, 9.17) is 23.8 Å². The fourth-order valence-electron chi connectivity index (χ4n) is 1.83. The van der Waals surface area contributed by atoms with Gasteiger partial charge in [0, 0.05) is 12.6 Å². The van der Waals surface area contributed by atoms with Gasteiger partial charge in [0.2, 0.25) is 0 Å². The average molecular weight is 287 g/mol. The Morgan fingerprint density at radius 2 is 2.06 bits per heavy atom. The van der Waals surface area contributed by atoms with Crippen molar-refractivity contribution in [3.8, 4) is 0 Å². The third-order valence-electron chi connectivity index (χ3n) is 3.42. The maximum Gasteiger partial charge on any atom is 0.178 e. The van der Waals surface area contributed by atoms with E-state index in [0.717, 1.165) is 12.1 Å². The number of imidazole rings is 1. The van der Waals surface area contributed by atoms with Crippen molar-refractivity contribution in [2.75, 3.05) is 0 Å². The Kier molecular flexibility index (Phi) is 3.78. The number of benzene rings is 1. The molecule has 18 heavy (non-hydrogen) atoms. The zero-order valence-electron chi connectivity index (χ0n) is 10.6. The van der Waals surface area contributed by atoms with E-state index in [1.807, 2.05) is 4.57 Å². The first-order chi connectivity index (χ1) is 8.40. The largest absolute Gasteiger partial charge is 0.330 e. The molecular weight excluding hydrogens is 271 g/mol. The Morgan fingerprint density at radius 3 is 2.67 bits per heavy atom. The molecule has 0 amide bonds. The van der Waals surface area contributed by atoms with Crippen LogP contribution in [-0.2, 0) is 6.54 Å². The highest BCUT2D eigenvalue weighted by atomic mass is 35.5. The number of halogens is 2. The van der Waals surface area contributed by atoms with Crippen LogP contribution < -0.4 is 0 Å². The van der Waals surface area contributed by atoms with Crippen LogP contribution in [0.15, 0.2) is 12.1 Å². The molecule has 0 aliphatic rings. The number of aromatic amines is 1. The van der Waals surface area contributed by atoms with Crippen LogP contribution >= 0.6 is 23.8 Å². The number of fused-ring (bicyclic) bond motifs is 1. The molecule has 0 fully saturated rings. The molecule has 0 bridgehead atoms. The van der Waals surface area contributed by atoms with E-state index < -0.39 is 5.82 Å². The summed E-state index contributed by atoms with van der Waals surface area (Å²) in [5.41, 5.74) is 1.55.